The van der Waals surface area contributed by atoms with Crippen molar-refractivity contribution in [1.82, 2.24) is 0 Å². The monoisotopic (exact) mass is 250 g/mol. The number of hydrogen-bond acceptors (Lipinski definition) is 2. The molecule has 3 heteroatoms. The first-order chi connectivity index (χ1) is 8.70. The zero-order chi connectivity index (χ0) is 13.0. The summed E-state index contributed by atoms with van der Waals surface area (Å²) in [6.45, 7) is 4.33. The maximum Gasteiger partial charge on any atom is 0.125 e. The van der Waals surface area contributed by atoms with Crippen molar-refractivity contribution in [2.45, 2.75) is 39.0 Å². The molecule has 0 spiro atoms. The zero-order valence-corrected chi connectivity index (χ0v) is 11.2. The van der Waals surface area contributed by atoms with E-state index in [0.717, 1.165) is 24.7 Å². The average molecular weight is 250 g/mol. The molecule has 0 aromatic heterocycles. The average Bonchev–Trinajstić information content (AvgIpc) is 2.55. The molecule has 2 N–H and O–H groups in total. The Balaban J connectivity index is 2.05. The second kappa shape index (κ2) is 6.07. The van der Waals surface area contributed by atoms with Crippen LogP contribution in [0.25, 0.3) is 0 Å². The highest BCUT2D eigenvalue weighted by Gasteiger charge is 2.18. The first-order valence-electron chi connectivity index (χ1n) is 7.00. The predicted molar refractivity (Wildman–Crippen MR) is 75.3 cm³/mol. The summed E-state index contributed by atoms with van der Waals surface area (Å²) in [7, 11) is 0. The minimum absolute atomic E-state index is 0.255. The molecule has 0 radical (unpaired) electrons. The molecule has 1 saturated heterocycles. The number of halogens is 1. The molecule has 1 aromatic rings. The molecule has 0 amide bonds. The van der Waals surface area contributed by atoms with Crippen molar-refractivity contribution in [3.8, 4) is 0 Å². The highest BCUT2D eigenvalue weighted by Crippen LogP contribution is 2.29. The van der Waals surface area contributed by atoms with Crippen LogP contribution >= 0.6 is 0 Å². The van der Waals surface area contributed by atoms with E-state index in [1.54, 1.807) is 0 Å². The van der Waals surface area contributed by atoms with Gasteiger partial charge in [0.05, 0.1) is 11.4 Å². The summed E-state index contributed by atoms with van der Waals surface area (Å²) in [5, 5.41) is 0. The van der Waals surface area contributed by atoms with Gasteiger partial charge in [0.15, 0.2) is 0 Å². The van der Waals surface area contributed by atoms with Crippen LogP contribution in [0.2, 0.25) is 0 Å². The third kappa shape index (κ3) is 3.15. The van der Waals surface area contributed by atoms with E-state index in [-0.39, 0.29) is 5.82 Å². The van der Waals surface area contributed by atoms with Crippen molar-refractivity contribution in [2.75, 3.05) is 23.7 Å². The van der Waals surface area contributed by atoms with Crippen LogP contribution in [0.5, 0.6) is 0 Å². The quantitative estimate of drug-likeness (QED) is 0.826. The topological polar surface area (TPSA) is 29.3 Å². The fraction of sp³-hybridized carbons (Fsp3) is 0.600. The van der Waals surface area contributed by atoms with Crippen LogP contribution in [0.4, 0.5) is 15.8 Å². The van der Waals surface area contributed by atoms with E-state index in [2.05, 4.69) is 11.8 Å². The lowest BCUT2D eigenvalue weighted by Gasteiger charge is -2.24. The van der Waals surface area contributed by atoms with Crippen LogP contribution in [-0.4, -0.2) is 13.1 Å². The van der Waals surface area contributed by atoms with E-state index in [9.17, 15) is 4.39 Å². The number of nitrogens with zero attached hydrogens (tertiary/aromatic N) is 1. The highest BCUT2D eigenvalue weighted by atomic mass is 19.1. The third-order valence-electron chi connectivity index (χ3n) is 3.87. The summed E-state index contributed by atoms with van der Waals surface area (Å²) in [5.74, 6) is 0.594. The fourth-order valence-electron chi connectivity index (χ4n) is 2.92. The number of hydrogen-bond donors (Lipinski definition) is 1. The van der Waals surface area contributed by atoms with Crippen LogP contribution < -0.4 is 10.6 Å². The van der Waals surface area contributed by atoms with Gasteiger partial charge in [-0.05, 0) is 43.4 Å². The van der Waals surface area contributed by atoms with Gasteiger partial charge >= 0.3 is 0 Å². The van der Waals surface area contributed by atoms with Gasteiger partial charge in [0.25, 0.3) is 0 Å². The summed E-state index contributed by atoms with van der Waals surface area (Å²) in [6, 6.07) is 4.73. The Labute approximate surface area is 109 Å². The minimum Gasteiger partial charge on any atom is -0.397 e. The molecule has 1 aliphatic rings. The van der Waals surface area contributed by atoms with Crippen molar-refractivity contribution in [3.05, 3.63) is 24.0 Å². The van der Waals surface area contributed by atoms with E-state index in [1.807, 2.05) is 6.07 Å². The Morgan fingerprint density at radius 3 is 2.89 bits per heavy atom. The maximum atomic E-state index is 13.1. The Kier molecular flexibility index (Phi) is 4.45. The maximum absolute atomic E-state index is 13.1. The van der Waals surface area contributed by atoms with Crippen LogP contribution in [0.1, 0.15) is 39.0 Å². The largest absolute Gasteiger partial charge is 0.397 e. The first-order valence-corrected chi connectivity index (χ1v) is 7.00. The molecule has 1 aliphatic heterocycles. The summed E-state index contributed by atoms with van der Waals surface area (Å²) in [4.78, 5) is 2.31. The van der Waals surface area contributed by atoms with Crippen molar-refractivity contribution < 1.29 is 4.39 Å². The summed E-state index contributed by atoms with van der Waals surface area (Å²) < 4.78 is 13.1. The number of rotatable bonds is 3. The molecule has 1 fully saturated rings. The number of anilines is 2. The standard InChI is InChI=1S/C15H23FN2/c1-2-4-12-5-3-9-18(10-8-12)15-7-6-13(16)11-14(15)17/h6-7,11-12H,2-5,8-10,17H2,1H3. The Morgan fingerprint density at radius 1 is 1.33 bits per heavy atom. The Morgan fingerprint density at radius 2 is 2.17 bits per heavy atom. The number of nitrogens with two attached hydrogens (primary N) is 1. The van der Waals surface area contributed by atoms with Crippen molar-refractivity contribution in [2.24, 2.45) is 5.92 Å². The molecule has 1 atom stereocenters. The first kappa shape index (κ1) is 13.2. The lowest BCUT2D eigenvalue weighted by atomic mass is 9.96. The van der Waals surface area contributed by atoms with Crippen LogP contribution in [0.3, 0.4) is 0 Å². The molecule has 2 nitrogen and oxygen atoms in total. The minimum atomic E-state index is -0.255. The van der Waals surface area contributed by atoms with E-state index >= 15 is 0 Å². The van der Waals surface area contributed by atoms with Gasteiger partial charge in [0.2, 0.25) is 0 Å². The van der Waals surface area contributed by atoms with Crippen LogP contribution in [0, 0.1) is 11.7 Å². The molecule has 0 aliphatic carbocycles. The van der Waals surface area contributed by atoms with Gasteiger partial charge in [-0.2, -0.15) is 0 Å². The van der Waals surface area contributed by atoms with Crippen molar-refractivity contribution >= 4 is 11.4 Å². The summed E-state index contributed by atoms with van der Waals surface area (Å²) in [6.07, 6.45) is 6.34. The second-order valence-electron chi connectivity index (χ2n) is 5.28. The van der Waals surface area contributed by atoms with E-state index in [0.29, 0.717) is 5.69 Å². The van der Waals surface area contributed by atoms with Crippen LogP contribution in [0.15, 0.2) is 18.2 Å². The molecule has 100 valence electrons. The molecule has 0 bridgehead atoms. The van der Waals surface area contributed by atoms with Gasteiger partial charge in [-0.3, -0.25) is 0 Å². The summed E-state index contributed by atoms with van der Waals surface area (Å²) in [5.41, 5.74) is 7.47. The molecule has 1 unspecified atom stereocenters. The molecular formula is C15H23FN2. The number of benzene rings is 1. The molecule has 1 heterocycles. The van der Waals surface area contributed by atoms with E-state index in [4.69, 9.17) is 5.73 Å². The lowest BCUT2D eigenvalue weighted by Crippen LogP contribution is -2.25. The van der Waals surface area contributed by atoms with Gasteiger partial charge in [-0.1, -0.05) is 19.8 Å². The van der Waals surface area contributed by atoms with Gasteiger partial charge < -0.3 is 10.6 Å². The highest BCUT2D eigenvalue weighted by molar-refractivity contribution is 5.67. The predicted octanol–water partition coefficient (Wildman–Crippen LogP) is 3.81. The molecular weight excluding hydrogens is 227 g/mol. The SMILES string of the molecule is CCCC1CCCN(c2ccc(F)cc2N)CC1. The van der Waals surface area contributed by atoms with Crippen LogP contribution in [-0.2, 0) is 0 Å². The lowest BCUT2D eigenvalue weighted by molar-refractivity contribution is 0.435. The number of nitrogen functional groups attached to an aromatic ring is 1. The Bertz CT molecular complexity index is 392. The fourth-order valence-corrected chi connectivity index (χ4v) is 2.92. The van der Waals surface area contributed by atoms with Gasteiger partial charge in [0.1, 0.15) is 5.82 Å². The van der Waals surface area contributed by atoms with Crippen molar-refractivity contribution in [1.29, 1.82) is 0 Å². The van der Waals surface area contributed by atoms with Gasteiger partial charge in [0, 0.05) is 13.1 Å². The molecule has 1 aromatic carbocycles. The van der Waals surface area contributed by atoms with E-state index in [1.165, 1.54) is 44.2 Å². The van der Waals surface area contributed by atoms with E-state index < -0.39 is 0 Å². The normalized spacial score (nSPS) is 20.8. The zero-order valence-electron chi connectivity index (χ0n) is 11.2. The molecule has 18 heavy (non-hydrogen) atoms. The van der Waals surface area contributed by atoms with Gasteiger partial charge in [-0.15, -0.1) is 0 Å². The molecule has 0 saturated carbocycles. The van der Waals surface area contributed by atoms with Crippen molar-refractivity contribution in [3.63, 3.8) is 0 Å². The summed E-state index contributed by atoms with van der Waals surface area (Å²) >= 11 is 0. The Hall–Kier alpha value is -1.25. The smallest absolute Gasteiger partial charge is 0.125 e. The second-order valence-corrected chi connectivity index (χ2v) is 5.28. The molecule has 2 rings (SSSR count). The van der Waals surface area contributed by atoms with Gasteiger partial charge in [-0.25, -0.2) is 4.39 Å². The third-order valence-corrected chi connectivity index (χ3v) is 3.87.